The summed E-state index contributed by atoms with van der Waals surface area (Å²) < 4.78 is 5.94. The summed E-state index contributed by atoms with van der Waals surface area (Å²) in [6, 6.07) is 2.90. The fourth-order valence-corrected chi connectivity index (χ4v) is 4.65. The third kappa shape index (κ3) is 2.83. The standard InChI is InChI=1S/C14H21ClN2OS/c15-10-7-14(19-9-10)12(8-16)17-5-6-18-13-4-2-1-3-11(13)17/h7,9,11-13H,1-6,8,16H2. The maximum absolute atomic E-state index is 6.06. The Morgan fingerprint density at radius 1 is 1.47 bits per heavy atom. The predicted molar refractivity (Wildman–Crippen MR) is 79.8 cm³/mol. The van der Waals surface area contributed by atoms with Crippen molar-refractivity contribution in [2.75, 3.05) is 19.7 Å². The van der Waals surface area contributed by atoms with Crippen molar-refractivity contribution in [3.8, 4) is 0 Å². The Kier molecular flexibility index (Phi) is 4.44. The van der Waals surface area contributed by atoms with Crippen LogP contribution in [-0.4, -0.2) is 36.7 Å². The zero-order chi connectivity index (χ0) is 13.2. The molecule has 2 aliphatic rings. The van der Waals surface area contributed by atoms with Crippen molar-refractivity contribution >= 4 is 22.9 Å². The van der Waals surface area contributed by atoms with Crippen molar-refractivity contribution in [1.82, 2.24) is 4.90 Å². The normalized spacial score (nSPS) is 30.0. The summed E-state index contributed by atoms with van der Waals surface area (Å²) in [7, 11) is 0. The van der Waals surface area contributed by atoms with Crippen LogP contribution in [0, 0.1) is 0 Å². The number of thiophene rings is 1. The Hall–Kier alpha value is -0.130. The summed E-state index contributed by atoms with van der Waals surface area (Å²) in [6.45, 7) is 2.47. The van der Waals surface area contributed by atoms with Gasteiger partial charge in [-0.15, -0.1) is 11.3 Å². The molecule has 0 amide bonds. The van der Waals surface area contributed by atoms with Crippen LogP contribution in [0.5, 0.6) is 0 Å². The molecule has 19 heavy (non-hydrogen) atoms. The fourth-order valence-electron chi connectivity index (χ4n) is 3.43. The molecule has 0 aromatic carbocycles. The number of morpholine rings is 1. The second kappa shape index (κ2) is 6.10. The summed E-state index contributed by atoms with van der Waals surface area (Å²) in [5, 5.41) is 2.82. The zero-order valence-electron chi connectivity index (χ0n) is 11.1. The highest BCUT2D eigenvalue weighted by molar-refractivity contribution is 7.10. The molecule has 0 bridgehead atoms. The summed E-state index contributed by atoms with van der Waals surface area (Å²) in [5.41, 5.74) is 6.05. The molecular formula is C14H21ClN2OS. The van der Waals surface area contributed by atoms with Crippen molar-refractivity contribution in [2.45, 2.75) is 43.9 Å². The molecule has 1 saturated heterocycles. The quantitative estimate of drug-likeness (QED) is 0.932. The molecule has 3 atom stereocenters. The van der Waals surface area contributed by atoms with Crippen LogP contribution in [0.1, 0.15) is 36.6 Å². The first-order valence-corrected chi connectivity index (χ1v) is 8.36. The van der Waals surface area contributed by atoms with Crippen LogP contribution < -0.4 is 5.73 Å². The Morgan fingerprint density at radius 3 is 3.05 bits per heavy atom. The van der Waals surface area contributed by atoms with Gasteiger partial charge in [0, 0.05) is 29.4 Å². The molecule has 106 valence electrons. The minimum absolute atomic E-state index is 0.298. The smallest absolute Gasteiger partial charge is 0.0731 e. The SMILES string of the molecule is NCC(c1cc(Cl)cs1)N1CCOC2CCCCC21. The molecule has 2 N–H and O–H groups in total. The van der Waals surface area contributed by atoms with Gasteiger partial charge in [0.2, 0.25) is 0 Å². The van der Waals surface area contributed by atoms with Crippen LogP contribution in [-0.2, 0) is 4.74 Å². The molecule has 3 rings (SSSR count). The number of halogens is 1. The first kappa shape index (κ1) is 13.8. The van der Waals surface area contributed by atoms with E-state index in [4.69, 9.17) is 22.1 Å². The van der Waals surface area contributed by atoms with Gasteiger partial charge in [0.25, 0.3) is 0 Å². The lowest BCUT2D eigenvalue weighted by Gasteiger charge is -2.46. The number of fused-ring (bicyclic) bond motifs is 1. The highest BCUT2D eigenvalue weighted by Crippen LogP contribution is 2.36. The topological polar surface area (TPSA) is 38.5 Å². The average Bonchev–Trinajstić information content (AvgIpc) is 2.86. The van der Waals surface area contributed by atoms with E-state index in [1.165, 1.54) is 30.6 Å². The molecule has 1 aliphatic heterocycles. The second-order valence-corrected chi connectivity index (χ2v) is 6.80. The molecule has 1 aromatic rings. The van der Waals surface area contributed by atoms with E-state index in [9.17, 15) is 0 Å². The Bertz CT molecular complexity index is 423. The Morgan fingerprint density at radius 2 is 2.32 bits per heavy atom. The molecule has 1 saturated carbocycles. The molecule has 1 aromatic heterocycles. The third-order valence-electron chi connectivity index (χ3n) is 4.31. The second-order valence-electron chi connectivity index (χ2n) is 5.42. The van der Waals surface area contributed by atoms with Gasteiger partial charge in [0.05, 0.1) is 23.8 Å². The number of rotatable bonds is 3. The van der Waals surface area contributed by atoms with Crippen LogP contribution in [0.4, 0.5) is 0 Å². The lowest BCUT2D eigenvalue weighted by atomic mass is 9.89. The number of ether oxygens (including phenoxy) is 1. The van der Waals surface area contributed by atoms with Gasteiger partial charge in [0.1, 0.15) is 0 Å². The fraction of sp³-hybridized carbons (Fsp3) is 0.714. The Balaban J connectivity index is 1.81. The van der Waals surface area contributed by atoms with Crippen molar-refractivity contribution < 1.29 is 4.74 Å². The molecule has 5 heteroatoms. The predicted octanol–water partition coefficient (Wildman–Crippen LogP) is 3.04. The van der Waals surface area contributed by atoms with Gasteiger partial charge in [-0.1, -0.05) is 24.4 Å². The number of hydrogen-bond donors (Lipinski definition) is 1. The number of nitrogens with two attached hydrogens (primary N) is 1. The molecule has 2 heterocycles. The lowest BCUT2D eigenvalue weighted by Crippen LogP contribution is -2.54. The highest BCUT2D eigenvalue weighted by Gasteiger charge is 2.37. The molecule has 1 aliphatic carbocycles. The molecule has 0 radical (unpaired) electrons. The van der Waals surface area contributed by atoms with Gasteiger partial charge in [0.15, 0.2) is 0 Å². The van der Waals surface area contributed by atoms with E-state index in [1.807, 2.05) is 5.38 Å². The van der Waals surface area contributed by atoms with Crippen LogP contribution >= 0.6 is 22.9 Å². The van der Waals surface area contributed by atoms with Crippen LogP contribution in [0.25, 0.3) is 0 Å². The van der Waals surface area contributed by atoms with Gasteiger partial charge >= 0.3 is 0 Å². The largest absolute Gasteiger partial charge is 0.375 e. The van der Waals surface area contributed by atoms with Crippen molar-refractivity contribution in [2.24, 2.45) is 5.73 Å². The van der Waals surface area contributed by atoms with Crippen LogP contribution in [0.15, 0.2) is 11.4 Å². The summed E-state index contributed by atoms with van der Waals surface area (Å²) in [6.07, 6.45) is 5.45. The van der Waals surface area contributed by atoms with Gasteiger partial charge in [-0.25, -0.2) is 0 Å². The van der Waals surface area contributed by atoms with E-state index in [2.05, 4.69) is 11.0 Å². The summed E-state index contributed by atoms with van der Waals surface area (Å²) in [5.74, 6) is 0. The maximum atomic E-state index is 6.06. The zero-order valence-corrected chi connectivity index (χ0v) is 12.6. The minimum Gasteiger partial charge on any atom is -0.375 e. The first-order chi connectivity index (χ1) is 9.29. The van der Waals surface area contributed by atoms with Gasteiger partial charge in [-0.3, -0.25) is 4.90 Å². The number of hydrogen-bond acceptors (Lipinski definition) is 4. The average molecular weight is 301 g/mol. The Labute approximate surface area is 123 Å². The van der Waals surface area contributed by atoms with Crippen molar-refractivity contribution in [3.05, 3.63) is 21.3 Å². The molecule has 3 nitrogen and oxygen atoms in total. The third-order valence-corrected chi connectivity index (χ3v) is 5.70. The molecule has 2 fully saturated rings. The molecular weight excluding hydrogens is 280 g/mol. The van der Waals surface area contributed by atoms with Crippen LogP contribution in [0.2, 0.25) is 5.02 Å². The van der Waals surface area contributed by atoms with Crippen LogP contribution in [0.3, 0.4) is 0 Å². The van der Waals surface area contributed by atoms with E-state index in [0.29, 0.717) is 24.7 Å². The molecule has 0 spiro atoms. The lowest BCUT2D eigenvalue weighted by molar-refractivity contribution is -0.102. The first-order valence-electron chi connectivity index (χ1n) is 7.11. The van der Waals surface area contributed by atoms with E-state index < -0.39 is 0 Å². The van der Waals surface area contributed by atoms with Gasteiger partial charge < -0.3 is 10.5 Å². The monoisotopic (exact) mass is 300 g/mol. The van der Waals surface area contributed by atoms with E-state index in [1.54, 1.807) is 11.3 Å². The minimum atomic E-state index is 0.298. The summed E-state index contributed by atoms with van der Waals surface area (Å²) in [4.78, 5) is 3.86. The van der Waals surface area contributed by atoms with Crippen molar-refractivity contribution in [1.29, 1.82) is 0 Å². The van der Waals surface area contributed by atoms with E-state index in [0.717, 1.165) is 18.2 Å². The van der Waals surface area contributed by atoms with E-state index >= 15 is 0 Å². The highest BCUT2D eigenvalue weighted by atomic mass is 35.5. The van der Waals surface area contributed by atoms with Crippen molar-refractivity contribution in [3.63, 3.8) is 0 Å². The van der Waals surface area contributed by atoms with Gasteiger partial charge in [-0.05, 0) is 18.9 Å². The van der Waals surface area contributed by atoms with Gasteiger partial charge in [-0.2, -0.15) is 0 Å². The molecule has 3 unspecified atom stereocenters. The maximum Gasteiger partial charge on any atom is 0.0731 e. The van der Waals surface area contributed by atoms with E-state index in [-0.39, 0.29) is 0 Å². The summed E-state index contributed by atoms with van der Waals surface area (Å²) >= 11 is 7.78. The number of nitrogens with zero attached hydrogens (tertiary/aromatic N) is 1.